The first kappa shape index (κ1) is 14.0. The maximum absolute atomic E-state index is 11.7. The summed E-state index contributed by atoms with van der Waals surface area (Å²) in [5.74, 6) is -0.357. The summed E-state index contributed by atoms with van der Waals surface area (Å²) in [4.78, 5) is 11.7. The highest BCUT2D eigenvalue weighted by atomic mass is 35.5. The van der Waals surface area contributed by atoms with E-state index >= 15 is 0 Å². The van der Waals surface area contributed by atoms with Crippen molar-refractivity contribution >= 4 is 23.2 Å². The molecule has 0 aliphatic heterocycles. The number of amides is 1. The molecule has 2 N–H and O–H groups in total. The van der Waals surface area contributed by atoms with Crippen molar-refractivity contribution in [1.29, 1.82) is 0 Å². The summed E-state index contributed by atoms with van der Waals surface area (Å²) < 4.78 is 0. The number of hydrogen-bond donors (Lipinski definition) is 2. The summed E-state index contributed by atoms with van der Waals surface area (Å²) in [5, 5.41) is 10.7. The van der Waals surface area contributed by atoms with Crippen molar-refractivity contribution in [3.05, 3.63) is 29.3 Å². The summed E-state index contributed by atoms with van der Waals surface area (Å²) in [7, 11) is 0. The van der Waals surface area contributed by atoms with Crippen molar-refractivity contribution in [3.63, 3.8) is 0 Å². The molecule has 0 spiro atoms. The Labute approximate surface area is 107 Å². The van der Waals surface area contributed by atoms with Crippen molar-refractivity contribution in [3.8, 4) is 0 Å². The monoisotopic (exact) mass is 255 g/mol. The zero-order chi connectivity index (χ0) is 12.8. The van der Waals surface area contributed by atoms with Crippen LogP contribution in [-0.2, 0) is 17.6 Å². The Morgan fingerprint density at radius 1 is 1.35 bits per heavy atom. The quantitative estimate of drug-likeness (QED) is 0.794. The van der Waals surface area contributed by atoms with Crippen molar-refractivity contribution in [2.75, 3.05) is 11.9 Å². The van der Waals surface area contributed by atoms with Crippen LogP contribution in [-0.4, -0.2) is 23.0 Å². The zero-order valence-electron chi connectivity index (χ0n) is 10.2. The lowest BCUT2D eigenvalue weighted by molar-refractivity contribution is -0.116. The van der Waals surface area contributed by atoms with Gasteiger partial charge in [0.05, 0.1) is 6.61 Å². The first-order valence-corrected chi connectivity index (χ1v) is 6.24. The highest BCUT2D eigenvalue weighted by Crippen LogP contribution is 2.23. The highest BCUT2D eigenvalue weighted by Gasteiger charge is 2.16. The van der Waals surface area contributed by atoms with Crippen LogP contribution in [0.15, 0.2) is 18.2 Å². The van der Waals surface area contributed by atoms with Gasteiger partial charge in [-0.3, -0.25) is 4.79 Å². The number of aryl methyl sites for hydroxylation is 2. The van der Waals surface area contributed by atoms with Crippen LogP contribution < -0.4 is 5.32 Å². The van der Waals surface area contributed by atoms with Gasteiger partial charge in [-0.05, 0) is 24.0 Å². The number of alkyl halides is 1. The van der Waals surface area contributed by atoms with E-state index in [0.29, 0.717) is 0 Å². The Morgan fingerprint density at radius 3 is 2.29 bits per heavy atom. The summed E-state index contributed by atoms with van der Waals surface area (Å²) in [6.45, 7) is 3.71. The van der Waals surface area contributed by atoms with E-state index in [-0.39, 0.29) is 12.5 Å². The van der Waals surface area contributed by atoms with Crippen LogP contribution in [0.2, 0.25) is 0 Å². The van der Waals surface area contributed by atoms with Crippen LogP contribution in [0.4, 0.5) is 5.69 Å². The van der Waals surface area contributed by atoms with Gasteiger partial charge in [-0.2, -0.15) is 0 Å². The van der Waals surface area contributed by atoms with Gasteiger partial charge in [0.25, 0.3) is 0 Å². The van der Waals surface area contributed by atoms with Gasteiger partial charge in [0.15, 0.2) is 0 Å². The molecule has 1 aromatic rings. The van der Waals surface area contributed by atoms with Gasteiger partial charge >= 0.3 is 0 Å². The number of nitrogens with one attached hydrogen (secondary N) is 1. The van der Waals surface area contributed by atoms with E-state index in [1.807, 2.05) is 32.0 Å². The maximum atomic E-state index is 11.7. The number of para-hydroxylation sites is 1. The third-order valence-electron chi connectivity index (χ3n) is 2.69. The number of benzene rings is 1. The molecule has 0 aliphatic rings. The van der Waals surface area contributed by atoms with E-state index in [0.717, 1.165) is 29.7 Å². The highest BCUT2D eigenvalue weighted by molar-refractivity contribution is 6.32. The van der Waals surface area contributed by atoms with Crippen molar-refractivity contribution < 1.29 is 9.90 Å². The first-order valence-electron chi connectivity index (χ1n) is 5.80. The minimum atomic E-state index is -0.899. The second-order valence-electron chi connectivity index (χ2n) is 3.80. The number of aliphatic hydroxyl groups excluding tert-OH is 1. The Hall–Kier alpha value is -1.06. The molecule has 4 heteroatoms. The molecule has 0 fully saturated rings. The Balaban J connectivity index is 2.99. The minimum Gasteiger partial charge on any atom is -0.394 e. The molecule has 1 amide bonds. The second-order valence-corrected chi connectivity index (χ2v) is 4.32. The topological polar surface area (TPSA) is 49.3 Å². The van der Waals surface area contributed by atoms with Gasteiger partial charge in [0.1, 0.15) is 5.38 Å². The lowest BCUT2D eigenvalue weighted by atomic mass is 10.0. The van der Waals surface area contributed by atoms with Crippen LogP contribution in [0.5, 0.6) is 0 Å². The smallest absolute Gasteiger partial charge is 0.244 e. The number of carbonyl (C=O) groups is 1. The molecule has 0 heterocycles. The molecule has 17 heavy (non-hydrogen) atoms. The second kappa shape index (κ2) is 6.62. The van der Waals surface area contributed by atoms with Crippen LogP contribution in [0.25, 0.3) is 0 Å². The normalized spacial score (nSPS) is 12.2. The number of carbonyl (C=O) groups excluding carboxylic acids is 1. The van der Waals surface area contributed by atoms with Gasteiger partial charge < -0.3 is 10.4 Å². The summed E-state index contributed by atoms with van der Waals surface area (Å²) in [6.07, 6.45) is 1.69. The van der Waals surface area contributed by atoms with E-state index in [1.165, 1.54) is 0 Å². The van der Waals surface area contributed by atoms with Crippen LogP contribution in [0.3, 0.4) is 0 Å². The predicted molar refractivity (Wildman–Crippen MR) is 70.6 cm³/mol. The van der Waals surface area contributed by atoms with Gasteiger partial charge in [-0.15, -0.1) is 11.6 Å². The molecule has 0 aliphatic carbocycles. The SMILES string of the molecule is CCc1cccc(CC)c1NC(=O)C(Cl)CO. The van der Waals surface area contributed by atoms with E-state index in [4.69, 9.17) is 16.7 Å². The number of halogens is 1. The van der Waals surface area contributed by atoms with Crippen LogP contribution >= 0.6 is 11.6 Å². The summed E-state index contributed by atoms with van der Waals surface area (Å²) >= 11 is 5.69. The number of hydrogen-bond acceptors (Lipinski definition) is 2. The Morgan fingerprint density at radius 2 is 1.88 bits per heavy atom. The third kappa shape index (κ3) is 3.45. The van der Waals surface area contributed by atoms with Crippen LogP contribution in [0, 0.1) is 0 Å². The minimum absolute atomic E-state index is 0.357. The Bertz CT molecular complexity index is 371. The molecule has 94 valence electrons. The van der Waals surface area contributed by atoms with E-state index in [9.17, 15) is 4.79 Å². The molecule has 1 rings (SSSR count). The molecule has 0 saturated carbocycles. The van der Waals surface area contributed by atoms with Crippen LogP contribution in [0.1, 0.15) is 25.0 Å². The molecule has 1 aromatic carbocycles. The van der Waals surface area contributed by atoms with Gasteiger partial charge in [0.2, 0.25) is 5.91 Å². The lowest BCUT2D eigenvalue weighted by Gasteiger charge is -2.15. The molecule has 0 bridgehead atoms. The standard InChI is InChI=1S/C13H18ClNO2/c1-3-9-6-5-7-10(4-2)12(9)15-13(17)11(14)8-16/h5-7,11,16H,3-4,8H2,1-2H3,(H,15,17). The summed E-state index contributed by atoms with van der Waals surface area (Å²) in [6, 6.07) is 5.95. The van der Waals surface area contributed by atoms with Crippen molar-refractivity contribution in [1.82, 2.24) is 0 Å². The molecule has 0 radical (unpaired) electrons. The fourth-order valence-corrected chi connectivity index (χ4v) is 1.74. The predicted octanol–water partition coefficient (Wildman–Crippen LogP) is 2.35. The van der Waals surface area contributed by atoms with Gasteiger partial charge in [-0.25, -0.2) is 0 Å². The van der Waals surface area contributed by atoms with E-state index < -0.39 is 5.38 Å². The average Bonchev–Trinajstić information content (AvgIpc) is 2.37. The molecule has 1 atom stereocenters. The molecular weight excluding hydrogens is 238 g/mol. The van der Waals surface area contributed by atoms with E-state index in [2.05, 4.69) is 5.32 Å². The number of aliphatic hydroxyl groups is 1. The fourth-order valence-electron chi connectivity index (χ4n) is 1.69. The maximum Gasteiger partial charge on any atom is 0.244 e. The Kier molecular flexibility index (Phi) is 5.45. The summed E-state index contributed by atoms with van der Waals surface area (Å²) in [5.41, 5.74) is 3.00. The molecule has 1 unspecified atom stereocenters. The number of anilines is 1. The van der Waals surface area contributed by atoms with Gasteiger partial charge in [0, 0.05) is 5.69 Å². The largest absolute Gasteiger partial charge is 0.394 e. The van der Waals surface area contributed by atoms with E-state index in [1.54, 1.807) is 0 Å². The zero-order valence-corrected chi connectivity index (χ0v) is 10.9. The molecule has 3 nitrogen and oxygen atoms in total. The van der Waals surface area contributed by atoms with Crippen molar-refractivity contribution in [2.45, 2.75) is 32.1 Å². The fraction of sp³-hybridized carbons (Fsp3) is 0.462. The third-order valence-corrected chi connectivity index (χ3v) is 3.03. The molecule has 0 saturated heterocycles. The first-order chi connectivity index (χ1) is 8.13. The molecular formula is C13H18ClNO2. The average molecular weight is 256 g/mol. The van der Waals surface area contributed by atoms with Gasteiger partial charge in [-0.1, -0.05) is 32.0 Å². The number of rotatable bonds is 5. The molecule has 0 aromatic heterocycles. The lowest BCUT2D eigenvalue weighted by Crippen LogP contribution is -2.27. The van der Waals surface area contributed by atoms with Crippen molar-refractivity contribution in [2.24, 2.45) is 0 Å².